The highest BCUT2D eigenvalue weighted by Crippen LogP contribution is 2.08. The van der Waals surface area contributed by atoms with Crippen molar-refractivity contribution in [3.05, 3.63) is 29.8 Å². The third kappa shape index (κ3) is 2.55. The minimum absolute atomic E-state index is 0.402. The number of nitrogens with zero attached hydrogens (tertiary/aromatic N) is 1. The summed E-state index contributed by atoms with van der Waals surface area (Å²) in [5, 5.41) is 3.34. The zero-order valence-corrected chi connectivity index (χ0v) is 7.89. The van der Waals surface area contributed by atoms with Crippen LogP contribution in [-0.2, 0) is 0 Å². The Morgan fingerprint density at radius 3 is 2.42 bits per heavy atom. The van der Waals surface area contributed by atoms with Crippen LogP contribution < -0.4 is 5.32 Å². The van der Waals surface area contributed by atoms with E-state index in [9.17, 15) is 0 Å². The van der Waals surface area contributed by atoms with Gasteiger partial charge in [-0.25, -0.2) is 0 Å². The van der Waals surface area contributed by atoms with E-state index >= 15 is 0 Å². The second-order valence-corrected chi connectivity index (χ2v) is 2.86. The average molecular weight is 183 g/mol. The maximum Gasteiger partial charge on any atom is 0.195 e. The lowest BCUT2D eigenvalue weighted by Gasteiger charge is -2.02. The van der Waals surface area contributed by atoms with Gasteiger partial charge in [0.15, 0.2) is 5.29 Å². The van der Waals surface area contributed by atoms with Crippen molar-refractivity contribution < 1.29 is 0 Å². The first-order chi connectivity index (χ1) is 5.72. The van der Waals surface area contributed by atoms with E-state index in [2.05, 4.69) is 10.3 Å². The first kappa shape index (κ1) is 9.07. The van der Waals surface area contributed by atoms with E-state index in [1.165, 1.54) is 5.56 Å². The summed E-state index contributed by atoms with van der Waals surface area (Å²) in [4.78, 5) is 3.78. The predicted molar refractivity (Wildman–Crippen MR) is 54.0 cm³/mol. The summed E-state index contributed by atoms with van der Waals surface area (Å²) in [6.07, 6.45) is 0. The Kier molecular flexibility index (Phi) is 3.11. The van der Waals surface area contributed by atoms with Crippen molar-refractivity contribution in [3.8, 4) is 0 Å². The van der Waals surface area contributed by atoms with Gasteiger partial charge >= 0.3 is 0 Å². The molecule has 0 amide bonds. The highest BCUT2D eigenvalue weighted by atomic mass is 35.5. The van der Waals surface area contributed by atoms with Crippen LogP contribution in [0.1, 0.15) is 5.56 Å². The molecule has 0 aliphatic heterocycles. The highest BCUT2D eigenvalue weighted by Gasteiger charge is 1.92. The molecule has 2 nitrogen and oxygen atoms in total. The van der Waals surface area contributed by atoms with E-state index in [1.54, 1.807) is 7.05 Å². The lowest BCUT2D eigenvalue weighted by Crippen LogP contribution is -2.03. The zero-order chi connectivity index (χ0) is 8.97. The maximum atomic E-state index is 5.68. The topological polar surface area (TPSA) is 24.4 Å². The molecule has 0 saturated heterocycles. The van der Waals surface area contributed by atoms with Gasteiger partial charge in [0.25, 0.3) is 0 Å². The summed E-state index contributed by atoms with van der Waals surface area (Å²) in [7, 11) is 1.64. The Morgan fingerprint density at radius 1 is 1.33 bits per heavy atom. The SMILES string of the molecule is CN=C(Cl)Nc1ccc(C)cc1. The molecule has 0 atom stereocenters. The number of rotatable bonds is 1. The van der Waals surface area contributed by atoms with Crippen molar-refractivity contribution in [2.45, 2.75) is 6.92 Å². The van der Waals surface area contributed by atoms with Crippen molar-refractivity contribution >= 4 is 22.6 Å². The minimum Gasteiger partial charge on any atom is -0.331 e. The molecule has 0 fully saturated rings. The molecule has 0 aliphatic rings. The second-order valence-electron chi connectivity index (χ2n) is 2.51. The molecule has 0 radical (unpaired) electrons. The zero-order valence-electron chi connectivity index (χ0n) is 7.13. The fraction of sp³-hybridized carbons (Fsp3) is 0.222. The van der Waals surface area contributed by atoms with E-state index in [4.69, 9.17) is 11.6 Å². The van der Waals surface area contributed by atoms with Crippen LogP contribution in [0.25, 0.3) is 0 Å². The molecule has 12 heavy (non-hydrogen) atoms. The lowest BCUT2D eigenvalue weighted by atomic mass is 10.2. The Labute approximate surface area is 77.3 Å². The number of aryl methyl sites for hydroxylation is 1. The number of amidine groups is 1. The molecular weight excluding hydrogens is 172 g/mol. The molecule has 3 heteroatoms. The molecule has 0 aliphatic carbocycles. The van der Waals surface area contributed by atoms with Crippen LogP contribution in [-0.4, -0.2) is 12.3 Å². The molecule has 1 N–H and O–H groups in total. The van der Waals surface area contributed by atoms with E-state index in [0.717, 1.165) is 5.69 Å². The van der Waals surface area contributed by atoms with Crippen LogP contribution in [0, 0.1) is 6.92 Å². The van der Waals surface area contributed by atoms with E-state index in [0.29, 0.717) is 5.29 Å². The van der Waals surface area contributed by atoms with Gasteiger partial charge in [0.05, 0.1) is 0 Å². The second kappa shape index (κ2) is 4.12. The van der Waals surface area contributed by atoms with E-state index < -0.39 is 0 Å². The van der Waals surface area contributed by atoms with Crippen molar-refractivity contribution in [3.63, 3.8) is 0 Å². The van der Waals surface area contributed by atoms with Crippen LogP contribution in [0.3, 0.4) is 0 Å². The highest BCUT2D eigenvalue weighted by molar-refractivity contribution is 6.67. The molecule has 1 aromatic rings. The smallest absolute Gasteiger partial charge is 0.195 e. The Balaban J connectivity index is 2.71. The third-order valence-corrected chi connectivity index (χ3v) is 1.76. The van der Waals surface area contributed by atoms with Gasteiger partial charge in [-0.15, -0.1) is 0 Å². The fourth-order valence-electron chi connectivity index (χ4n) is 0.812. The summed E-state index contributed by atoms with van der Waals surface area (Å²) in [5.41, 5.74) is 2.18. The standard InChI is InChI=1S/C9H11ClN2/c1-7-3-5-8(6-4-7)12-9(10)11-2/h3-6H,1-2H3,(H,11,12). The van der Waals surface area contributed by atoms with Crippen molar-refractivity contribution in [1.82, 2.24) is 0 Å². The predicted octanol–water partition coefficient (Wildman–Crippen LogP) is 2.63. The van der Waals surface area contributed by atoms with Crippen LogP contribution in [0.15, 0.2) is 29.3 Å². The van der Waals surface area contributed by atoms with Gasteiger partial charge < -0.3 is 5.32 Å². The number of hydrogen-bond donors (Lipinski definition) is 1. The van der Waals surface area contributed by atoms with Gasteiger partial charge in [-0.05, 0) is 30.7 Å². The molecule has 1 aromatic carbocycles. The Hall–Kier alpha value is -1.02. The molecule has 64 valence electrons. The van der Waals surface area contributed by atoms with E-state index in [-0.39, 0.29) is 0 Å². The first-order valence-electron chi connectivity index (χ1n) is 3.68. The molecule has 0 heterocycles. The van der Waals surface area contributed by atoms with Crippen molar-refractivity contribution in [2.24, 2.45) is 4.99 Å². The van der Waals surface area contributed by atoms with Gasteiger partial charge in [-0.2, -0.15) is 0 Å². The van der Waals surface area contributed by atoms with Crippen LogP contribution in [0.5, 0.6) is 0 Å². The summed E-state index contributed by atoms with van der Waals surface area (Å²) >= 11 is 5.68. The molecule has 0 saturated carbocycles. The molecular formula is C9H11ClN2. The van der Waals surface area contributed by atoms with Crippen LogP contribution in [0.2, 0.25) is 0 Å². The van der Waals surface area contributed by atoms with Crippen molar-refractivity contribution in [1.29, 1.82) is 0 Å². The number of nitrogens with one attached hydrogen (secondary N) is 1. The summed E-state index contributed by atoms with van der Waals surface area (Å²) in [5.74, 6) is 0. The summed E-state index contributed by atoms with van der Waals surface area (Å²) < 4.78 is 0. The van der Waals surface area contributed by atoms with Gasteiger partial charge in [-0.1, -0.05) is 17.7 Å². The molecule has 0 bridgehead atoms. The molecule has 1 rings (SSSR count). The summed E-state index contributed by atoms with van der Waals surface area (Å²) in [6.45, 7) is 2.04. The fourth-order valence-corrected chi connectivity index (χ4v) is 0.921. The molecule has 0 spiro atoms. The van der Waals surface area contributed by atoms with Gasteiger partial charge in [-0.3, -0.25) is 4.99 Å². The number of hydrogen-bond acceptors (Lipinski definition) is 1. The van der Waals surface area contributed by atoms with Crippen LogP contribution in [0.4, 0.5) is 5.69 Å². The van der Waals surface area contributed by atoms with E-state index in [1.807, 2.05) is 31.2 Å². The minimum atomic E-state index is 0.402. The largest absolute Gasteiger partial charge is 0.331 e. The third-order valence-electron chi connectivity index (χ3n) is 1.50. The Bertz CT molecular complexity index is 277. The maximum absolute atomic E-state index is 5.68. The van der Waals surface area contributed by atoms with Gasteiger partial charge in [0.2, 0.25) is 0 Å². The average Bonchev–Trinajstić information content (AvgIpc) is 2.09. The Morgan fingerprint density at radius 2 is 1.92 bits per heavy atom. The first-order valence-corrected chi connectivity index (χ1v) is 4.06. The number of aliphatic imine (C=N–C) groups is 1. The number of anilines is 1. The normalized spacial score (nSPS) is 11.4. The van der Waals surface area contributed by atoms with Gasteiger partial charge in [0.1, 0.15) is 0 Å². The quantitative estimate of drug-likeness (QED) is 0.403. The summed E-state index contributed by atoms with van der Waals surface area (Å²) in [6, 6.07) is 7.95. The number of benzene rings is 1. The monoisotopic (exact) mass is 182 g/mol. The number of halogens is 1. The molecule has 0 unspecified atom stereocenters. The van der Waals surface area contributed by atoms with Crippen LogP contribution >= 0.6 is 11.6 Å². The molecule has 0 aromatic heterocycles. The van der Waals surface area contributed by atoms with Gasteiger partial charge in [0, 0.05) is 12.7 Å². The lowest BCUT2D eigenvalue weighted by molar-refractivity contribution is 1.43. The van der Waals surface area contributed by atoms with Crippen molar-refractivity contribution in [2.75, 3.05) is 12.4 Å².